The molecule has 0 aliphatic carbocycles. The molecule has 1 N–H and O–H groups in total. The van der Waals surface area contributed by atoms with Gasteiger partial charge in [0.1, 0.15) is 0 Å². The summed E-state index contributed by atoms with van der Waals surface area (Å²) in [4.78, 5) is 26.1. The van der Waals surface area contributed by atoms with Crippen molar-refractivity contribution < 1.29 is 9.59 Å². The van der Waals surface area contributed by atoms with E-state index >= 15 is 0 Å². The highest BCUT2D eigenvalue weighted by Crippen LogP contribution is 2.29. The zero-order chi connectivity index (χ0) is 16.5. The third-order valence-electron chi connectivity index (χ3n) is 3.25. The molecule has 0 saturated heterocycles. The number of nitrogens with zero attached hydrogens (tertiary/aromatic N) is 1. The van der Waals surface area contributed by atoms with Crippen LogP contribution in [0, 0.1) is 0 Å². The van der Waals surface area contributed by atoms with Crippen molar-refractivity contribution in [3.05, 3.63) is 28.2 Å². The second-order valence-corrected chi connectivity index (χ2v) is 5.86. The van der Waals surface area contributed by atoms with E-state index in [1.165, 1.54) is 0 Å². The van der Waals surface area contributed by atoms with E-state index in [1.54, 1.807) is 23.1 Å². The van der Waals surface area contributed by atoms with Crippen LogP contribution >= 0.6 is 23.2 Å². The molecule has 0 heterocycles. The topological polar surface area (TPSA) is 49.4 Å². The molecule has 0 bridgehead atoms. The second kappa shape index (κ2) is 9.70. The van der Waals surface area contributed by atoms with E-state index in [-0.39, 0.29) is 5.69 Å². The molecular formula is C16H22Cl2N2O2. The van der Waals surface area contributed by atoms with Gasteiger partial charge in [-0.2, -0.15) is 0 Å². The van der Waals surface area contributed by atoms with E-state index in [0.717, 1.165) is 25.7 Å². The molecule has 122 valence electrons. The quantitative estimate of drug-likeness (QED) is 0.747. The number of hydrogen-bond donors (Lipinski definition) is 1. The highest BCUT2D eigenvalue weighted by molar-refractivity contribution is 6.44. The summed E-state index contributed by atoms with van der Waals surface area (Å²) in [5, 5.41) is 3.13. The summed E-state index contributed by atoms with van der Waals surface area (Å²) >= 11 is 12.0. The molecule has 22 heavy (non-hydrogen) atoms. The van der Waals surface area contributed by atoms with Gasteiger partial charge in [-0.1, -0.05) is 56.0 Å². The van der Waals surface area contributed by atoms with Crippen molar-refractivity contribution in [2.24, 2.45) is 0 Å². The lowest BCUT2D eigenvalue weighted by Crippen LogP contribution is -2.40. The molecule has 1 rings (SSSR count). The van der Waals surface area contributed by atoms with Crippen LogP contribution in [0.15, 0.2) is 18.2 Å². The third-order valence-corrected chi connectivity index (χ3v) is 3.88. The highest BCUT2D eigenvalue weighted by atomic mass is 35.5. The minimum Gasteiger partial charge on any atom is -0.334 e. The predicted molar refractivity (Wildman–Crippen MR) is 91.5 cm³/mol. The Labute approximate surface area is 141 Å². The van der Waals surface area contributed by atoms with Gasteiger partial charge in [0.2, 0.25) is 0 Å². The van der Waals surface area contributed by atoms with Crippen molar-refractivity contribution >= 4 is 40.7 Å². The van der Waals surface area contributed by atoms with Crippen molar-refractivity contribution in [3.8, 4) is 0 Å². The smallest absolute Gasteiger partial charge is 0.313 e. The van der Waals surface area contributed by atoms with Gasteiger partial charge in [-0.15, -0.1) is 0 Å². The summed E-state index contributed by atoms with van der Waals surface area (Å²) in [5.41, 5.74) is 0.273. The van der Waals surface area contributed by atoms with Crippen LogP contribution in [0.2, 0.25) is 10.0 Å². The second-order valence-electron chi connectivity index (χ2n) is 5.05. The number of amides is 2. The summed E-state index contributed by atoms with van der Waals surface area (Å²) < 4.78 is 0. The third kappa shape index (κ3) is 5.50. The lowest BCUT2D eigenvalue weighted by Gasteiger charge is -2.22. The summed E-state index contributed by atoms with van der Waals surface area (Å²) in [6.07, 6.45) is 3.67. The number of halogens is 2. The first-order valence-corrected chi connectivity index (χ1v) is 8.31. The fourth-order valence-electron chi connectivity index (χ4n) is 1.94. The van der Waals surface area contributed by atoms with E-state index in [4.69, 9.17) is 23.2 Å². The lowest BCUT2D eigenvalue weighted by atomic mass is 10.2. The molecule has 0 spiro atoms. The minimum absolute atomic E-state index is 0.273. The van der Waals surface area contributed by atoms with E-state index in [9.17, 15) is 9.59 Å². The van der Waals surface area contributed by atoms with Crippen molar-refractivity contribution in [2.45, 2.75) is 39.5 Å². The molecule has 0 atom stereocenters. The Morgan fingerprint density at radius 2 is 1.55 bits per heavy atom. The number of hydrogen-bond acceptors (Lipinski definition) is 2. The first-order chi connectivity index (χ1) is 10.5. The maximum absolute atomic E-state index is 12.3. The van der Waals surface area contributed by atoms with Crippen LogP contribution in [0.25, 0.3) is 0 Å². The van der Waals surface area contributed by atoms with E-state index in [1.807, 2.05) is 13.8 Å². The van der Waals surface area contributed by atoms with Gasteiger partial charge < -0.3 is 10.2 Å². The van der Waals surface area contributed by atoms with Crippen LogP contribution in [0.5, 0.6) is 0 Å². The largest absolute Gasteiger partial charge is 0.334 e. The average Bonchev–Trinajstić information content (AvgIpc) is 2.50. The number of carbonyl (C=O) groups is 2. The average molecular weight is 345 g/mol. The molecule has 2 amide bonds. The highest BCUT2D eigenvalue weighted by Gasteiger charge is 2.22. The van der Waals surface area contributed by atoms with Gasteiger partial charge in [0.05, 0.1) is 15.7 Å². The maximum Gasteiger partial charge on any atom is 0.313 e. The van der Waals surface area contributed by atoms with Gasteiger partial charge >= 0.3 is 11.8 Å². The van der Waals surface area contributed by atoms with Gasteiger partial charge in [-0.25, -0.2) is 0 Å². The number of para-hydroxylation sites is 1. The lowest BCUT2D eigenvalue weighted by molar-refractivity contribution is -0.143. The van der Waals surface area contributed by atoms with Gasteiger partial charge in [0, 0.05) is 13.1 Å². The standard InChI is InChI=1S/C16H22Cl2N2O2/c1-3-5-10-20(11-6-4-2)16(22)15(21)19-14-12(17)8-7-9-13(14)18/h7-9H,3-6,10-11H2,1-2H3,(H,19,21). The Hall–Kier alpha value is -1.26. The summed E-state index contributed by atoms with van der Waals surface area (Å²) in [7, 11) is 0. The number of carbonyl (C=O) groups excluding carboxylic acids is 2. The molecule has 0 radical (unpaired) electrons. The van der Waals surface area contributed by atoms with Crippen molar-refractivity contribution in [1.82, 2.24) is 4.90 Å². The molecule has 0 fully saturated rings. The van der Waals surface area contributed by atoms with Gasteiger partial charge in [0.15, 0.2) is 0 Å². The molecular weight excluding hydrogens is 323 g/mol. The minimum atomic E-state index is -0.706. The number of unbranched alkanes of at least 4 members (excludes halogenated alkanes) is 2. The molecule has 0 unspecified atom stereocenters. The Kier molecular flexibility index (Phi) is 8.28. The zero-order valence-corrected chi connectivity index (χ0v) is 14.5. The molecule has 6 heteroatoms. The Balaban J connectivity index is 2.78. The molecule has 0 aliphatic rings. The Bertz CT molecular complexity index is 493. The SMILES string of the molecule is CCCCN(CCCC)C(=O)C(=O)Nc1c(Cl)cccc1Cl. The van der Waals surface area contributed by atoms with E-state index in [2.05, 4.69) is 5.32 Å². The van der Waals surface area contributed by atoms with Crippen LogP contribution in [-0.4, -0.2) is 29.8 Å². The molecule has 0 saturated carbocycles. The molecule has 1 aromatic rings. The van der Waals surface area contributed by atoms with Gasteiger partial charge in [0.25, 0.3) is 0 Å². The molecule has 4 nitrogen and oxygen atoms in total. The summed E-state index contributed by atoms with van der Waals surface area (Å²) in [6, 6.07) is 4.90. The number of benzene rings is 1. The normalized spacial score (nSPS) is 10.4. The summed E-state index contributed by atoms with van der Waals surface area (Å²) in [5.74, 6) is -1.25. The van der Waals surface area contributed by atoms with E-state index < -0.39 is 11.8 Å². The Morgan fingerprint density at radius 1 is 1.05 bits per heavy atom. The van der Waals surface area contributed by atoms with Crippen molar-refractivity contribution in [1.29, 1.82) is 0 Å². The Morgan fingerprint density at radius 3 is 2.00 bits per heavy atom. The summed E-state index contributed by atoms with van der Waals surface area (Å²) in [6.45, 7) is 5.26. The zero-order valence-electron chi connectivity index (χ0n) is 13.0. The molecule has 0 aliphatic heterocycles. The van der Waals surface area contributed by atoms with Crippen LogP contribution in [0.1, 0.15) is 39.5 Å². The molecule has 0 aromatic heterocycles. The fourth-order valence-corrected chi connectivity index (χ4v) is 2.43. The van der Waals surface area contributed by atoms with Gasteiger partial charge in [-0.3, -0.25) is 9.59 Å². The van der Waals surface area contributed by atoms with E-state index in [0.29, 0.717) is 23.1 Å². The van der Waals surface area contributed by atoms with Gasteiger partial charge in [-0.05, 0) is 25.0 Å². The predicted octanol–water partition coefficient (Wildman–Crippen LogP) is 4.36. The first kappa shape index (κ1) is 18.8. The number of nitrogens with one attached hydrogen (secondary N) is 1. The van der Waals surface area contributed by atoms with Crippen molar-refractivity contribution in [3.63, 3.8) is 0 Å². The van der Waals surface area contributed by atoms with Crippen molar-refractivity contribution in [2.75, 3.05) is 18.4 Å². The fraction of sp³-hybridized carbons (Fsp3) is 0.500. The first-order valence-electron chi connectivity index (χ1n) is 7.55. The molecule has 1 aromatic carbocycles. The van der Waals surface area contributed by atoms with Crippen LogP contribution in [-0.2, 0) is 9.59 Å². The van der Waals surface area contributed by atoms with Crippen LogP contribution < -0.4 is 5.32 Å². The van der Waals surface area contributed by atoms with Crippen LogP contribution in [0.3, 0.4) is 0 Å². The number of rotatable bonds is 7. The van der Waals surface area contributed by atoms with Crippen LogP contribution in [0.4, 0.5) is 5.69 Å². The maximum atomic E-state index is 12.3. The number of anilines is 1. The monoisotopic (exact) mass is 344 g/mol.